The van der Waals surface area contributed by atoms with Gasteiger partial charge in [0, 0.05) is 70.8 Å². The van der Waals surface area contributed by atoms with Crippen LogP contribution in [-0.4, -0.2) is 34.0 Å². The van der Waals surface area contributed by atoms with Crippen molar-refractivity contribution in [2.75, 3.05) is 0 Å². The molecule has 0 spiro atoms. The van der Waals surface area contributed by atoms with Crippen LogP contribution in [0.15, 0.2) is 183 Å². The van der Waals surface area contributed by atoms with Gasteiger partial charge in [-0.2, -0.15) is 0 Å². The maximum Gasteiger partial charge on any atom is 0.112 e. The molecular formula is C60H56N2O2. The van der Waals surface area contributed by atoms with Crippen molar-refractivity contribution in [2.45, 2.75) is 108 Å². The van der Waals surface area contributed by atoms with Crippen LogP contribution in [0.2, 0.25) is 0 Å². The summed E-state index contributed by atoms with van der Waals surface area (Å²) in [7, 11) is 0. The number of nitrogens with zero attached hydrogens (tertiary/aromatic N) is 2. The first-order chi connectivity index (χ1) is 31.7. The molecule has 4 heteroatoms. The van der Waals surface area contributed by atoms with Crippen LogP contribution in [0.1, 0.15) is 104 Å². The highest BCUT2D eigenvalue weighted by Crippen LogP contribution is 2.55. The van der Waals surface area contributed by atoms with Crippen molar-refractivity contribution in [1.82, 2.24) is 9.80 Å². The van der Waals surface area contributed by atoms with E-state index in [9.17, 15) is 0 Å². The zero-order valence-electron chi connectivity index (χ0n) is 36.7. The van der Waals surface area contributed by atoms with E-state index in [0.29, 0.717) is 30.0 Å². The number of rotatable bonds is 5. The van der Waals surface area contributed by atoms with Crippen LogP contribution in [0.25, 0.3) is 22.8 Å². The highest BCUT2D eigenvalue weighted by Gasteiger charge is 2.46. The van der Waals surface area contributed by atoms with Crippen molar-refractivity contribution < 1.29 is 9.15 Å². The quantitative estimate of drug-likeness (QED) is 0.300. The summed E-state index contributed by atoms with van der Waals surface area (Å²) in [4.78, 5) is 5.40. The maximum absolute atomic E-state index is 6.92. The van der Waals surface area contributed by atoms with Gasteiger partial charge in [-0.15, -0.1) is 0 Å². The van der Waals surface area contributed by atoms with E-state index in [4.69, 9.17) is 9.15 Å². The van der Waals surface area contributed by atoms with Crippen molar-refractivity contribution in [3.8, 4) is 0 Å². The second-order valence-electron chi connectivity index (χ2n) is 20.0. The van der Waals surface area contributed by atoms with E-state index in [1.165, 1.54) is 79.5 Å². The lowest BCUT2D eigenvalue weighted by Crippen LogP contribution is -2.40. The number of allylic oxidation sites excluding steroid dienone is 18. The zero-order valence-corrected chi connectivity index (χ0v) is 36.7. The van der Waals surface area contributed by atoms with Crippen molar-refractivity contribution in [2.24, 2.45) is 17.8 Å². The topological polar surface area (TPSA) is 28.9 Å². The number of benzene rings is 1. The Kier molecular flexibility index (Phi) is 8.63. The van der Waals surface area contributed by atoms with Crippen LogP contribution in [0.5, 0.6) is 0 Å². The Balaban J connectivity index is 0.762. The van der Waals surface area contributed by atoms with Gasteiger partial charge in [0.25, 0.3) is 0 Å². The molecule has 1 aromatic heterocycles. The molecule has 0 saturated heterocycles. The number of hydrogen-bond acceptors (Lipinski definition) is 4. The zero-order chi connectivity index (χ0) is 41.9. The third-order valence-electron chi connectivity index (χ3n) is 16.6. The summed E-state index contributed by atoms with van der Waals surface area (Å²) < 4.78 is 13.7. The van der Waals surface area contributed by atoms with E-state index in [2.05, 4.69) is 150 Å². The predicted molar refractivity (Wildman–Crippen MR) is 259 cm³/mol. The second-order valence-corrected chi connectivity index (χ2v) is 20.0. The van der Waals surface area contributed by atoms with E-state index in [0.717, 1.165) is 82.8 Å². The molecule has 0 radical (unpaired) electrons. The van der Waals surface area contributed by atoms with Crippen LogP contribution in [0, 0.1) is 17.8 Å². The molecule has 3 aliphatic heterocycles. The highest BCUT2D eigenvalue weighted by atomic mass is 16.5. The van der Waals surface area contributed by atoms with E-state index in [-0.39, 0.29) is 12.0 Å². The Hall–Kier alpha value is -6.00. The van der Waals surface area contributed by atoms with Gasteiger partial charge in [0.05, 0.1) is 18.1 Å². The molecule has 9 aliphatic carbocycles. The number of hydrogen-bond donors (Lipinski definition) is 0. The number of furan rings is 1. The minimum Gasteiger partial charge on any atom is -0.493 e. The summed E-state index contributed by atoms with van der Waals surface area (Å²) >= 11 is 0. The maximum atomic E-state index is 6.92. The Morgan fingerprint density at radius 1 is 0.672 bits per heavy atom. The molecule has 4 heterocycles. The third kappa shape index (κ3) is 5.79. The van der Waals surface area contributed by atoms with Crippen LogP contribution in [-0.2, 0) is 17.6 Å². The fourth-order valence-electron chi connectivity index (χ4n) is 13.7. The lowest BCUT2D eigenvalue weighted by Gasteiger charge is -2.37. The van der Waals surface area contributed by atoms with E-state index >= 15 is 0 Å². The Labute approximate surface area is 378 Å². The summed E-state index contributed by atoms with van der Waals surface area (Å²) in [6.07, 6.45) is 59.5. The van der Waals surface area contributed by atoms with Gasteiger partial charge in [0.15, 0.2) is 0 Å². The summed E-state index contributed by atoms with van der Waals surface area (Å²) in [6.45, 7) is 0. The standard InChI is InChI=1S/C60H56N2O2/c1-3-14-43(15-4-1)61-51-20-9-7-18-45(51)47-33-39(22-26-53(47)61)37-12-11-13-38(32-37)41-24-28-55-49(35-41)59-57(63-55)30-31-58-60(59)50-36-42(25-29-56(50)64-58)40-23-27-54-48(34-40)46-19-8-10-21-52(46)62(54)44-16-5-2-6-17-44/h1-7,10-14,16,18,21-23,26-27,32,34-36,43-44,47-48,50,54,56H,8-9,15,17,19-20,24-25,28-31,33H2. The Morgan fingerprint density at radius 3 is 2.41 bits per heavy atom. The minimum absolute atomic E-state index is 0.206. The monoisotopic (exact) mass is 836 g/mol. The molecule has 0 fully saturated rings. The average Bonchev–Trinajstić information content (AvgIpc) is 4.11. The van der Waals surface area contributed by atoms with E-state index in [1.807, 2.05) is 0 Å². The molecule has 12 aliphatic rings. The lowest BCUT2D eigenvalue weighted by molar-refractivity contribution is 0.107. The largest absolute Gasteiger partial charge is 0.493 e. The van der Waals surface area contributed by atoms with E-state index in [1.54, 1.807) is 16.8 Å². The molecule has 4 nitrogen and oxygen atoms in total. The molecule has 0 bridgehead atoms. The fourth-order valence-corrected chi connectivity index (χ4v) is 13.7. The minimum atomic E-state index is 0.206. The Morgan fingerprint density at radius 2 is 1.52 bits per heavy atom. The molecule has 2 aromatic rings. The van der Waals surface area contributed by atoms with Gasteiger partial charge in [0.2, 0.25) is 0 Å². The first kappa shape index (κ1) is 37.4. The molecule has 14 rings (SSSR count). The molecular weight excluding hydrogens is 781 g/mol. The van der Waals surface area contributed by atoms with Gasteiger partial charge in [-0.1, -0.05) is 115 Å². The summed E-state index contributed by atoms with van der Waals surface area (Å²) in [5.41, 5.74) is 20.2. The molecule has 0 N–H and O–H groups in total. The third-order valence-corrected chi connectivity index (χ3v) is 16.6. The molecule has 0 saturated carbocycles. The summed E-state index contributed by atoms with van der Waals surface area (Å²) in [5, 5.41) is 0. The highest BCUT2D eigenvalue weighted by molar-refractivity contribution is 5.92. The lowest BCUT2D eigenvalue weighted by atomic mass is 9.75. The molecule has 7 unspecified atom stereocenters. The molecule has 318 valence electrons. The van der Waals surface area contributed by atoms with Crippen molar-refractivity contribution >= 4 is 22.8 Å². The number of fused-ring (bicyclic) bond motifs is 10. The van der Waals surface area contributed by atoms with Gasteiger partial charge in [-0.3, -0.25) is 0 Å². The van der Waals surface area contributed by atoms with Crippen LogP contribution in [0.4, 0.5) is 0 Å². The average molecular weight is 837 g/mol. The number of ether oxygens (including phenoxy) is 1. The predicted octanol–water partition coefficient (Wildman–Crippen LogP) is 13.5. The van der Waals surface area contributed by atoms with Gasteiger partial charge < -0.3 is 19.0 Å². The van der Waals surface area contributed by atoms with Crippen molar-refractivity contribution in [3.05, 3.63) is 213 Å². The smallest absolute Gasteiger partial charge is 0.112 e. The Bertz CT molecular complexity index is 2890. The van der Waals surface area contributed by atoms with E-state index < -0.39 is 0 Å². The molecule has 64 heavy (non-hydrogen) atoms. The number of aryl methyl sites for hydroxylation is 2. The molecule has 0 amide bonds. The fraction of sp³-hybridized carbons (Fsp3) is 0.333. The summed E-state index contributed by atoms with van der Waals surface area (Å²) in [6, 6.07) is 10.7. The van der Waals surface area contributed by atoms with Crippen molar-refractivity contribution in [3.63, 3.8) is 0 Å². The normalized spacial score (nSPS) is 31.3. The van der Waals surface area contributed by atoms with Gasteiger partial charge in [-0.25, -0.2) is 0 Å². The molecule has 7 atom stereocenters. The SMILES string of the molecule is C1=CCC(N2C3=CC=C(c4cccc(C5=Cc6c(oc7c6C6=C(CC7)OC7CCC(C8=CC9C%10=C(C=CCC%10)N(C%10C=CC=CC%10)C9C=C8)=CC67)CC5)c4)CC3C3=C2CCC=C3)C=C1. The van der Waals surface area contributed by atoms with Crippen LogP contribution >= 0.6 is 0 Å². The molecule has 1 aromatic carbocycles. The van der Waals surface area contributed by atoms with Crippen LogP contribution < -0.4 is 0 Å². The first-order valence-corrected chi connectivity index (χ1v) is 24.6. The van der Waals surface area contributed by atoms with Gasteiger partial charge in [-0.05, 0) is 133 Å². The van der Waals surface area contributed by atoms with Crippen LogP contribution in [0.3, 0.4) is 0 Å². The first-order valence-electron chi connectivity index (χ1n) is 24.6. The van der Waals surface area contributed by atoms with Crippen molar-refractivity contribution in [1.29, 1.82) is 0 Å². The second kappa shape index (κ2) is 14.8. The van der Waals surface area contributed by atoms with Gasteiger partial charge >= 0.3 is 0 Å². The summed E-state index contributed by atoms with van der Waals surface area (Å²) in [5.74, 6) is 4.67. The van der Waals surface area contributed by atoms with Gasteiger partial charge in [0.1, 0.15) is 23.4 Å².